The van der Waals surface area contributed by atoms with Crippen molar-refractivity contribution in [3.8, 4) is 0 Å². The number of anilines is 1. The monoisotopic (exact) mass is 316 g/mol. The Labute approximate surface area is 135 Å². The summed E-state index contributed by atoms with van der Waals surface area (Å²) in [6, 6.07) is 13.8. The molecule has 0 aliphatic heterocycles. The zero-order chi connectivity index (χ0) is 16.0. The first kappa shape index (κ1) is 16.4. The lowest BCUT2D eigenvalue weighted by Gasteiger charge is -2.19. The van der Waals surface area contributed by atoms with Crippen LogP contribution in [0.1, 0.15) is 26.3 Å². The summed E-state index contributed by atoms with van der Waals surface area (Å²) >= 11 is 1.62. The Morgan fingerprint density at radius 1 is 1.23 bits per heavy atom. The molecule has 1 amide bonds. The van der Waals surface area contributed by atoms with Crippen LogP contribution in [0.5, 0.6) is 0 Å². The van der Waals surface area contributed by atoms with Crippen molar-refractivity contribution >= 4 is 23.5 Å². The van der Waals surface area contributed by atoms with E-state index in [0.717, 1.165) is 10.8 Å². The maximum atomic E-state index is 11.8. The molecule has 0 unspecified atom stereocenters. The van der Waals surface area contributed by atoms with E-state index < -0.39 is 11.7 Å². The van der Waals surface area contributed by atoms with Gasteiger partial charge in [0.2, 0.25) is 0 Å². The Hall–Kier alpha value is -2.01. The van der Waals surface area contributed by atoms with Gasteiger partial charge in [-0.25, -0.2) is 9.78 Å². The summed E-state index contributed by atoms with van der Waals surface area (Å²) < 4.78 is 5.23. The number of thioether (sulfide) groups is 1. The van der Waals surface area contributed by atoms with Crippen molar-refractivity contribution in [1.29, 1.82) is 0 Å². The van der Waals surface area contributed by atoms with Crippen LogP contribution in [0.25, 0.3) is 0 Å². The van der Waals surface area contributed by atoms with Gasteiger partial charge in [-0.05, 0) is 38.5 Å². The summed E-state index contributed by atoms with van der Waals surface area (Å²) in [6.07, 6.45) is 1.22. The molecule has 2 aromatic rings. The van der Waals surface area contributed by atoms with Gasteiger partial charge in [-0.1, -0.05) is 30.3 Å². The molecule has 0 bridgehead atoms. The van der Waals surface area contributed by atoms with Crippen molar-refractivity contribution in [2.45, 2.75) is 37.2 Å². The fourth-order valence-corrected chi connectivity index (χ4v) is 2.57. The van der Waals surface area contributed by atoms with Crippen molar-refractivity contribution in [1.82, 2.24) is 4.98 Å². The molecular formula is C17H20N2O2S. The highest BCUT2D eigenvalue weighted by atomic mass is 32.2. The Balaban J connectivity index is 1.94. The number of rotatable bonds is 4. The zero-order valence-electron chi connectivity index (χ0n) is 13.0. The number of aromatic nitrogens is 1. The molecule has 1 heterocycles. The molecule has 5 heteroatoms. The second-order valence-corrected chi connectivity index (χ2v) is 6.78. The van der Waals surface area contributed by atoms with Gasteiger partial charge >= 0.3 is 6.09 Å². The number of hydrogen-bond donors (Lipinski definition) is 1. The lowest BCUT2D eigenvalue weighted by molar-refractivity contribution is 0.0636. The molecule has 1 aromatic heterocycles. The third-order valence-electron chi connectivity index (χ3n) is 2.61. The molecule has 0 saturated heterocycles. The first-order chi connectivity index (χ1) is 10.4. The molecule has 0 radical (unpaired) electrons. The van der Waals surface area contributed by atoms with Crippen LogP contribution in [-0.4, -0.2) is 16.7 Å². The molecule has 116 valence electrons. The van der Waals surface area contributed by atoms with Crippen molar-refractivity contribution < 1.29 is 9.53 Å². The first-order valence-corrected chi connectivity index (χ1v) is 8.04. The maximum Gasteiger partial charge on any atom is 0.412 e. The molecule has 0 fully saturated rings. The minimum Gasteiger partial charge on any atom is -0.444 e. The molecule has 1 aromatic carbocycles. The normalized spacial score (nSPS) is 11.0. The van der Waals surface area contributed by atoms with Gasteiger partial charge in [0.05, 0.1) is 5.03 Å². The van der Waals surface area contributed by atoms with Gasteiger partial charge in [-0.2, -0.15) is 0 Å². The zero-order valence-corrected chi connectivity index (χ0v) is 13.8. The van der Waals surface area contributed by atoms with Gasteiger partial charge in [-0.15, -0.1) is 11.8 Å². The fourth-order valence-electron chi connectivity index (χ4n) is 1.72. The van der Waals surface area contributed by atoms with Gasteiger partial charge in [-0.3, -0.25) is 5.32 Å². The van der Waals surface area contributed by atoms with Crippen LogP contribution in [0.2, 0.25) is 0 Å². The molecular weight excluding hydrogens is 296 g/mol. The number of amides is 1. The Kier molecular flexibility index (Phi) is 5.44. The molecule has 22 heavy (non-hydrogen) atoms. The quantitative estimate of drug-likeness (QED) is 0.829. The van der Waals surface area contributed by atoms with E-state index in [1.54, 1.807) is 24.0 Å². The van der Waals surface area contributed by atoms with Gasteiger partial charge in [0.1, 0.15) is 5.60 Å². The molecule has 0 aliphatic carbocycles. The van der Waals surface area contributed by atoms with E-state index in [1.807, 2.05) is 45.0 Å². The minimum absolute atomic E-state index is 0.460. The predicted octanol–water partition coefficient (Wildman–Crippen LogP) is 4.72. The van der Waals surface area contributed by atoms with Crippen LogP contribution < -0.4 is 5.32 Å². The minimum atomic E-state index is -0.512. The molecule has 0 aliphatic rings. The van der Waals surface area contributed by atoms with E-state index in [9.17, 15) is 4.79 Å². The summed E-state index contributed by atoms with van der Waals surface area (Å²) in [7, 11) is 0. The smallest absolute Gasteiger partial charge is 0.412 e. The summed E-state index contributed by atoms with van der Waals surface area (Å²) in [5.41, 5.74) is 1.40. The third kappa shape index (κ3) is 5.77. The summed E-state index contributed by atoms with van der Waals surface area (Å²) in [5, 5.41) is 3.58. The number of pyridine rings is 1. The summed E-state index contributed by atoms with van der Waals surface area (Å²) in [5.74, 6) is 0.837. The average Bonchev–Trinajstić information content (AvgIpc) is 2.44. The van der Waals surface area contributed by atoms with Crippen molar-refractivity contribution in [3.63, 3.8) is 0 Å². The average molecular weight is 316 g/mol. The lowest BCUT2D eigenvalue weighted by Crippen LogP contribution is -2.27. The highest BCUT2D eigenvalue weighted by molar-refractivity contribution is 7.98. The SMILES string of the molecule is CC(C)(C)OC(=O)Nc1ccnc(SCc2ccccc2)c1. The van der Waals surface area contributed by atoms with E-state index in [4.69, 9.17) is 4.74 Å². The lowest BCUT2D eigenvalue weighted by atomic mass is 10.2. The van der Waals surface area contributed by atoms with E-state index in [2.05, 4.69) is 22.4 Å². The van der Waals surface area contributed by atoms with E-state index >= 15 is 0 Å². The molecule has 4 nitrogen and oxygen atoms in total. The number of nitrogens with zero attached hydrogens (tertiary/aromatic N) is 1. The molecule has 0 atom stereocenters. The topological polar surface area (TPSA) is 51.2 Å². The van der Waals surface area contributed by atoms with Crippen molar-refractivity contribution in [3.05, 3.63) is 54.2 Å². The first-order valence-electron chi connectivity index (χ1n) is 7.05. The maximum absolute atomic E-state index is 11.8. The number of carbonyl (C=O) groups is 1. The van der Waals surface area contributed by atoms with E-state index in [1.165, 1.54) is 5.56 Å². The van der Waals surface area contributed by atoms with Crippen LogP contribution in [0, 0.1) is 0 Å². The molecule has 1 N–H and O–H groups in total. The standard InChI is InChI=1S/C17H20N2O2S/c1-17(2,3)21-16(20)19-14-9-10-18-15(11-14)22-12-13-7-5-4-6-8-13/h4-11H,12H2,1-3H3,(H,18,19,20). The van der Waals surface area contributed by atoms with Gasteiger partial charge in [0.25, 0.3) is 0 Å². The molecule has 2 rings (SSSR count). The number of hydrogen-bond acceptors (Lipinski definition) is 4. The fraction of sp³-hybridized carbons (Fsp3) is 0.294. The predicted molar refractivity (Wildman–Crippen MR) is 90.1 cm³/mol. The second-order valence-electron chi connectivity index (χ2n) is 5.78. The van der Waals surface area contributed by atoms with Crippen molar-refractivity contribution in [2.24, 2.45) is 0 Å². The van der Waals surface area contributed by atoms with Crippen LogP contribution in [-0.2, 0) is 10.5 Å². The molecule has 0 saturated carbocycles. The van der Waals surface area contributed by atoms with Crippen molar-refractivity contribution in [2.75, 3.05) is 5.32 Å². The Bertz CT molecular complexity index is 624. The van der Waals surface area contributed by atoms with Crippen LogP contribution in [0.3, 0.4) is 0 Å². The van der Waals surface area contributed by atoms with E-state index in [0.29, 0.717) is 5.69 Å². The number of carbonyl (C=O) groups excluding carboxylic acids is 1. The number of ether oxygens (including phenoxy) is 1. The summed E-state index contributed by atoms with van der Waals surface area (Å²) in [4.78, 5) is 16.1. The Morgan fingerprint density at radius 3 is 2.64 bits per heavy atom. The second kappa shape index (κ2) is 7.31. The van der Waals surface area contributed by atoms with Crippen LogP contribution in [0.15, 0.2) is 53.7 Å². The van der Waals surface area contributed by atoms with Gasteiger partial charge in [0, 0.05) is 17.6 Å². The van der Waals surface area contributed by atoms with Gasteiger partial charge < -0.3 is 4.74 Å². The Morgan fingerprint density at radius 2 is 1.95 bits per heavy atom. The van der Waals surface area contributed by atoms with Crippen LogP contribution >= 0.6 is 11.8 Å². The highest BCUT2D eigenvalue weighted by Crippen LogP contribution is 2.23. The number of benzene rings is 1. The molecule has 0 spiro atoms. The van der Waals surface area contributed by atoms with Gasteiger partial charge in [0.15, 0.2) is 0 Å². The third-order valence-corrected chi connectivity index (χ3v) is 3.61. The largest absolute Gasteiger partial charge is 0.444 e. The van der Waals surface area contributed by atoms with Crippen LogP contribution in [0.4, 0.5) is 10.5 Å². The van der Waals surface area contributed by atoms with E-state index in [-0.39, 0.29) is 0 Å². The number of nitrogens with one attached hydrogen (secondary N) is 1. The summed E-state index contributed by atoms with van der Waals surface area (Å²) in [6.45, 7) is 5.50. The highest BCUT2D eigenvalue weighted by Gasteiger charge is 2.16.